The van der Waals surface area contributed by atoms with Gasteiger partial charge in [-0.15, -0.1) is 0 Å². The molecule has 0 aliphatic heterocycles. The van der Waals surface area contributed by atoms with Crippen LogP contribution >= 0.6 is 0 Å². The molecule has 56 valence electrons. The van der Waals surface area contributed by atoms with Gasteiger partial charge in [0.25, 0.3) is 0 Å². The van der Waals surface area contributed by atoms with E-state index in [0.717, 1.165) is 17.9 Å². The summed E-state index contributed by atoms with van der Waals surface area (Å²) in [5.41, 5.74) is 0.991. The van der Waals surface area contributed by atoms with Crippen molar-refractivity contribution in [2.75, 3.05) is 0 Å². The number of ketones is 1. The van der Waals surface area contributed by atoms with Gasteiger partial charge in [0.2, 0.25) is 0 Å². The number of carbonyl (C=O) groups excluding carboxylic acids is 1. The zero-order chi connectivity index (χ0) is 7.56. The molecule has 10 heavy (non-hydrogen) atoms. The Hall–Kier alpha value is -0.590. The van der Waals surface area contributed by atoms with Crippen LogP contribution in [0.3, 0.4) is 0 Å². The van der Waals surface area contributed by atoms with Gasteiger partial charge in [0, 0.05) is 12.8 Å². The number of Topliss-reactive ketones (excluding diaryl/α,β-unsaturated/α-hetero) is 1. The predicted octanol–water partition coefficient (Wildman–Crippen LogP) is 2.32. The average Bonchev–Trinajstić information content (AvgIpc) is 2.46. The highest BCUT2D eigenvalue weighted by molar-refractivity contribution is 5.81. The lowest BCUT2D eigenvalue weighted by Gasteiger charge is -1.96. The Kier molecular flexibility index (Phi) is 2.25. The maximum atomic E-state index is 11.0. The first-order valence-corrected chi connectivity index (χ1v) is 3.84. The van der Waals surface area contributed by atoms with Gasteiger partial charge in [0.1, 0.15) is 5.78 Å². The quantitative estimate of drug-likeness (QED) is 0.545. The van der Waals surface area contributed by atoms with Gasteiger partial charge in [-0.3, -0.25) is 4.79 Å². The second-order valence-electron chi connectivity index (χ2n) is 3.32. The maximum absolute atomic E-state index is 11.0. The summed E-state index contributed by atoms with van der Waals surface area (Å²) in [6.07, 6.45) is 3.92. The average molecular weight is 138 g/mol. The molecule has 0 amide bonds. The van der Waals surface area contributed by atoms with Crippen LogP contribution in [-0.2, 0) is 4.79 Å². The van der Waals surface area contributed by atoms with Gasteiger partial charge in [-0.05, 0) is 25.7 Å². The van der Waals surface area contributed by atoms with Crippen LogP contribution in [0.15, 0.2) is 12.2 Å². The first-order valence-electron chi connectivity index (χ1n) is 3.84. The van der Waals surface area contributed by atoms with E-state index in [0.29, 0.717) is 12.2 Å². The van der Waals surface area contributed by atoms with E-state index in [4.69, 9.17) is 0 Å². The zero-order valence-electron chi connectivity index (χ0n) is 6.52. The third-order valence-corrected chi connectivity index (χ3v) is 1.71. The van der Waals surface area contributed by atoms with Crippen LogP contribution in [0.2, 0.25) is 0 Å². The standard InChI is InChI=1S/C9H14O/c1-7(2)5-9(10)6-8-3-4-8/h8H,1,3-6H2,2H3. The Morgan fingerprint density at radius 3 is 2.60 bits per heavy atom. The van der Waals surface area contributed by atoms with Crippen molar-refractivity contribution in [1.29, 1.82) is 0 Å². The summed E-state index contributed by atoms with van der Waals surface area (Å²) in [5.74, 6) is 1.10. The molecule has 0 aromatic rings. The SMILES string of the molecule is C=C(C)CC(=O)CC1CC1. The van der Waals surface area contributed by atoms with E-state index in [-0.39, 0.29) is 0 Å². The molecule has 0 unspecified atom stereocenters. The van der Waals surface area contributed by atoms with Crippen molar-refractivity contribution in [2.24, 2.45) is 5.92 Å². The fourth-order valence-electron chi connectivity index (χ4n) is 1.05. The smallest absolute Gasteiger partial charge is 0.137 e. The van der Waals surface area contributed by atoms with Crippen molar-refractivity contribution in [3.63, 3.8) is 0 Å². The molecule has 0 radical (unpaired) electrons. The van der Waals surface area contributed by atoms with Crippen molar-refractivity contribution in [2.45, 2.75) is 32.6 Å². The lowest BCUT2D eigenvalue weighted by atomic mass is 10.1. The van der Waals surface area contributed by atoms with E-state index in [1.54, 1.807) is 0 Å². The van der Waals surface area contributed by atoms with Gasteiger partial charge >= 0.3 is 0 Å². The summed E-state index contributed by atoms with van der Waals surface area (Å²) in [6.45, 7) is 5.61. The largest absolute Gasteiger partial charge is 0.299 e. The second-order valence-corrected chi connectivity index (χ2v) is 3.32. The van der Waals surface area contributed by atoms with Crippen molar-refractivity contribution < 1.29 is 4.79 Å². The Morgan fingerprint density at radius 2 is 2.20 bits per heavy atom. The molecule has 0 saturated heterocycles. The molecule has 0 heterocycles. The van der Waals surface area contributed by atoms with Gasteiger partial charge < -0.3 is 0 Å². The summed E-state index contributed by atoms with van der Waals surface area (Å²) >= 11 is 0. The molecule has 0 atom stereocenters. The maximum Gasteiger partial charge on any atom is 0.137 e. The van der Waals surface area contributed by atoms with Crippen LogP contribution < -0.4 is 0 Å². The fraction of sp³-hybridized carbons (Fsp3) is 0.667. The number of hydrogen-bond donors (Lipinski definition) is 0. The van der Waals surface area contributed by atoms with Crippen molar-refractivity contribution >= 4 is 5.78 Å². The molecular formula is C9H14O. The van der Waals surface area contributed by atoms with E-state index in [9.17, 15) is 4.79 Å². The topological polar surface area (TPSA) is 17.1 Å². The van der Waals surface area contributed by atoms with Crippen LogP contribution in [0.1, 0.15) is 32.6 Å². The van der Waals surface area contributed by atoms with Crippen LogP contribution in [0.5, 0.6) is 0 Å². The molecule has 0 aromatic carbocycles. The minimum Gasteiger partial charge on any atom is -0.299 e. The van der Waals surface area contributed by atoms with Crippen LogP contribution in [0.4, 0.5) is 0 Å². The molecule has 1 saturated carbocycles. The highest BCUT2D eigenvalue weighted by Gasteiger charge is 2.23. The molecule has 0 aromatic heterocycles. The van der Waals surface area contributed by atoms with Crippen LogP contribution in [0, 0.1) is 5.92 Å². The first-order chi connectivity index (χ1) is 4.68. The van der Waals surface area contributed by atoms with E-state index < -0.39 is 0 Å². The van der Waals surface area contributed by atoms with E-state index in [2.05, 4.69) is 6.58 Å². The lowest BCUT2D eigenvalue weighted by molar-refractivity contribution is -0.118. The monoisotopic (exact) mass is 138 g/mol. The molecule has 1 rings (SSSR count). The van der Waals surface area contributed by atoms with Crippen molar-refractivity contribution in [1.82, 2.24) is 0 Å². The van der Waals surface area contributed by atoms with Crippen LogP contribution in [-0.4, -0.2) is 5.78 Å². The lowest BCUT2D eigenvalue weighted by Crippen LogP contribution is -1.98. The summed E-state index contributed by atoms with van der Waals surface area (Å²) in [5, 5.41) is 0. The minimum absolute atomic E-state index is 0.370. The molecule has 1 aliphatic rings. The number of allylic oxidation sites excluding steroid dienone is 1. The second kappa shape index (κ2) is 3.00. The van der Waals surface area contributed by atoms with Crippen molar-refractivity contribution in [3.8, 4) is 0 Å². The molecule has 1 heteroatoms. The molecule has 1 nitrogen and oxygen atoms in total. The molecular weight excluding hydrogens is 124 g/mol. The fourth-order valence-corrected chi connectivity index (χ4v) is 1.05. The molecule has 1 aliphatic carbocycles. The van der Waals surface area contributed by atoms with Gasteiger partial charge in [-0.1, -0.05) is 12.2 Å². The Morgan fingerprint density at radius 1 is 1.60 bits per heavy atom. The number of rotatable bonds is 4. The summed E-state index contributed by atoms with van der Waals surface area (Å²) in [4.78, 5) is 11.0. The Bertz CT molecular complexity index is 154. The number of carbonyl (C=O) groups is 1. The molecule has 0 bridgehead atoms. The van der Waals surface area contributed by atoms with Crippen LogP contribution in [0.25, 0.3) is 0 Å². The number of hydrogen-bond acceptors (Lipinski definition) is 1. The zero-order valence-corrected chi connectivity index (χ0v) is 6.52. The van der Waals surface area contributed by atoms with E-state index >= 15 is 0 Å². The third-order valence-electron chi connectivity index (χ3n) is 1.71. The van der Waals surface area contributed by atoms with Gasteiger partial charge in [-0.2, -0.15) is 0 Å². The summed E-state index contributed by atoms with van der Waals surface area (Å²) in [7, 11) is 0. The van der Waals surface area contributed by atoms with Gasteiger partial charge in [-0.25, -0.2) is 0 Å². The minimum atomic E-state index is 0.370. The van der Waals surface area contributed by atoms with E-state index in [1.807, 2.05) is 6.92 Å². The molecule has 0 spiro atoms. The van der Waals surface area contributed by atoms with Crippen molar-refractivity contribution in [3.05, 3.63) is 12.2 Å². The summed E-state index contributed by atoms with van der Waals surface area (Å²) < 4.78 is 0. The normalized spacial score (nSPS) is 16.9. The highest BCUT2D eigenvalue weighted by Crippen LogP contribution is 2.33. The molecule has 1 fully saturated rings. The highest BCUT2D eigenvalue weighted by atomic mass is 16.1. The van der Waals surface area contributed by atoms with Gasteiger partial charge in [0.15, 0.2) is 0 Å². The third kappa shape index (κ3) is 2.81. The summed E-state index contributed by atoms with van der Waals surface area (Å²) in [6, 6.07) is 0. The Labute approximate surface area is 62.1 Å². The van der Waals surface area contributed by atoms with E-state index in [1.165, 1.54) is 12.8 Å². The Balaban J connectivity index is 2.14. The predicted molar refractivity (Wildman–Crippen MR) is 41.8 cm³/mol. The first kappa shape index (κ1) is 7.52. The molecule has 0 N–H and O–H groups in total. The van der Waals surface area contributed by atoms with Gasteiger partial charge in [0.05, 0.1) is 0 Å².